The zero-order valence-electron chi connectivity index (χ0n) is 11.9. The highest BCUT2D eigenvalue weighted by Gasteiger charge is 2.05. The van der Waals surface area contributed by atoms with Gasteiger partial charge in [-0.05, 0) is 32.3 Å². The van der Waals surface area contributed by atoms with Crippen molar-refractivity contribution in [3.8, 4) is 0 Å². The van der Waals surface area contributed by atoms with Crippen molar-refractivity contribution in [2.45, 2.75) is 26.8 Å². The molecule has 1 heterocycles. The second-order valence-electron chi connectivity index (χ2n) is 3.94. The van der Waals surface area contributed by atoms with Crippen LogP contribution in [0, 0.1) is 13.8 Å². The van der Waals surface area contributed by atoms with E-state index in [2.05, 4.69) is 33.8 Å². The van der Waals surface area contributed by atoms with Crippen LogP contribution >= 0.6 is 47.1 Å². The van der Waals surface area contributed by atoms with Crippen molar-refractivity contribution < 1.29 is 0 Å². The van der Waals surface area contributed by atoms with Crippen LogP contribution in [0.5, 0.6) is 0 Å². The fourth-order valence-electron chi connectivity index (χ4n) is 1.55. The molecule has 0 aliphatic rings. The number of nitrogens with zero attached hydrogens (tertiary/aromatic N) is 2. The smallest absolute Gasteiger partial charge is 0.191 e. The summed E-state index contributed by atoms with van der Waals surface area (Å²) in [4.78, 5) is 9.90. The molecular formula is C12H23IN4S2. The van der Waals surface area contributed by atoms with Crippen LogP contribution < -0.4 is 10.6 Å². The first-order valence-electron chi connectivity index (χ1n) is 6.03. The van der Waals surface area contributed by atoms with Gasteiger partial charge in [0.05, 0.1) is 17.2 Å². The standard InChI is InChI=1S/C12H22N4S2.HI/c1-9-11(18-10(2)16-9)8-15-12(13-3)14-6-5-7-17-4;/h5-8H2,1-4H3,(H2,13,14,15);1H. The summed E-state index contributed by atoms with van der Waals surface area (Å²) in [7, 11) is 1.80. The molecule has 0 aliphatic heterocycles. The molecule has 1 aromatic heterocycles. The predicted molar refractivity (Wildman–Crippen MR) is 98.2 cm³/mol. The number of nitrogens with one attached hydrogen (secondary N) is 2. The number of hydrogen-bond acceptors (Lipinski definition) is 4. The number of guanidine groups is 1. The largest absolute Gasteiger partial charge is 0.356 e. The predicted octanol–water partition coefficient (Wildman–Crippen LogP) is 2.80. The van der Waals surface area contributed by atoms with Crippen LogP contribution in [0.25, 0.3) is 0 Å². The first-order chi connectivity index (χ1) is 8.67. The van der Waals surface area contributed by atoms with Crippen molar-refractivity contribution in [1.82, 2.24) is 15.6 Å². The Hall–Kier alpha value is -0.0200. The van der Waals surface area contributed by atoms with Crippen molar-refractivity contribution in [1.29, 1.82) is 0 Å². The lowest BCUT2D eigenvalue weighted by atomic mass is 10.4. The van der Waals surface area contributed by atoms with Gasteiger partial charge in [-0.1, -0.05) is 0 Å². The summed E-state index contributed by atoms with van der Waals surface area (Å²) < 4.78 is 0. The Labute approximate surface area is 141 Å². The van der Waals surface area contributed by atoms with E-state index < -0.39 is 0 Å². The molecule has 0 aromatic carbocycles. The Kier molecular flexibility index (Phi) is 10.7. The summed E-state index contributed by atoms with van der Waals surface area (Å²) in [6.45, 7) is 5.84. The molecule has 0 aliphatic carbocycles. The van der Waals surface area contributed by atoms with Crippen LogP contribution in [-0.2, 0) is 6.54 Å². The fourth-order valence-corrected chi connectivity index (χ4v) is 2.86. The van der Waals surface area contributed by atoms with E-state index >= 15 is 0 Å². The zero-order chi connectivity index (χ0) is 13.4. The van der Waals surface area contributed by atoms with Gasteiger partial charge in [0.25, 0.3) is 0 Å². The molecule has 2 N–H and O–H groups in total. The van der Waals surface area contributed by atoms with Crippen molar-refractivity contribution in [2.75, 3.05) is 25.6 Å². The minimum atomic E-state index is 0. The molecule has 0 radical (unpaired) electrons. The van der Waals surface area contributed by atoms with Crippen LogP contribution in [0.1, 0.15) is 22.0 Å². The fraction of sp³-hybridized carbons (Fsp3) is 0.667. The third kappa shape index (κ3) is 7.36. The van der Waals surface area contributed by atoms with Gasteiger partial charge in [-0.15, -0.1) is 35.3 Å². The maximum atomic E-state index is 4.42. The SMILES string of the molecule is CN=C(NCCCSC)NCc1sc(C)nc1C.I. The molecule has 0 spiro atoms. The van der Waals surface area contributed by atoms with E-state index in [1.54, 1.807) is 18.4 Å². The average Bonchev–Trinajstić information content (AvgIpc) is 2.67. The van der Waals surface area contributed by atoms with Gasteiger partial charge in [-0.3, -0.25) is 4.99 Å². The third-order valence-electron chi connectivity index (χ3n) is 2.46. The summed E-state index contributed by atoms with van der Waals surface area (Å²) in [5.74, 6) is 2.04. The van der Waals surface area contributed by atoms with E-state index in [9.17, 15) is 0 Å². The topological polar surface area (TPSA) is 49.3 Å². The number of aliphatic imine (C=N–C) groups is 1. The summed E-state index contributed by atoms with van der Waals surface area (Å²) >= 11 is 3.61. The third-order valence-corrected chi connectivity index (χ3v) is 4.23. The molecular weight excluding hydrogens is 391 g/mol. The van der Waals surface area contributed by atoms with Gasteiger partial charge in [0, 0.05) is 18.5 Å². The maximum Gasteiger partial charge on any atom is 0.191 e. The monoisotopic (exact) mass is 414 g/mol. The van der Waals surface area contributed by atoms with Gasteiger partial charge in [0.1, 0.15) is 0 Å². The van der Waals surface area contributed by atoms with E-state index in [4.69, 9.17) is 0 Å². The number of thioether (sulfide) groups is 1. The van der Waals surface area contributed by atoms with E-state index in [0.29, 0.717) is 0 Å². The molecule has 0 saturated carbocycles. The van der Waals surface area contributed by atoms with Crippen molar-refractivity contribution in [3.63, 3.8) is 0 Å². The van der Waals surface area contributed by atoms with Crippen molar-refractivity contribution in [3.05, 3.63) is 15.6 Å². The number of rotatable bonds is 6. The normalized spacial score (nSPS) is 11.1. The Morgan fingerprint density at radius 3 is 2.63 bits per heavy atom. The summed E-state index contributed by atoms with van der Waals surface area (Å²) in [6, 6.07) is 0. The quantitative estimate of drug-likeness (QED) is 0.325. The lowest BCUT2D eigenvalue weighted by molar-refractivity contribution is 0.787. The second kappa shape index (κ2) is 10.7. The molecule has 0 atom stereocenters. The molecule has 1 rings (SSSR count). The highest BCUT2D eigenvalue weighted by Crippen LogP contribution is 2.16. The number of thiazole rings is 1. The molecule has 4 nitrogen and oxygen atoms in total. The van der Waals surface area contributed by atoms with E-state index in [1.807, 2.05) is 18.7 Å². The molecule has 7 heteroatoms. The second-order valence-corrected chi connectivity index (χ2v) is 6.21. The number of aryl methyl sites for hydroxylation is 2. The highest BCUT2D eigenvalue weighted by atomic mass is 127. The average molecular weight is 414 g/mol. The van der Waals surface area contributed by atoms with Gasteiger partial charge in [0.2, 0.25) is 0 Å². The first kappa shape index (κ1) is 19.0. The number of halogens is 1. The molecule has 0 amide bonds. The molecule has 110 valence electrons. The molecule has 0 saturated heterocycles. The summed E-state index contributed by atoms with van der Waals surface area (Å²) in [5.41, 5.74) is 1.11. The Morgan fingerprint density at radius 1 is 1.37 bits per heavy atom. The number of hydrogen-bond donors (Lipinski definition) is 2. The highest BCUT2D eigenvalue weighted by molar-refractivity contribution is 14.0. The molecule has 19 heavy (non-hydrogen) atoms. The Morgan fingerprint density at radius 2 is 2.11 bits per heavy atom. The van der Waals surface area contributed by atoms with Crippen LogP contribution in [-0.4, -0.2) is 36.5 Å². The lowest BCUT2D eigenvalue weighted by Gasteiger charge is -2.10. The summed E-state index contributed by atoms with van der Waals surface area (Å²) in [5, 5.41) is 7.75. The van der Waals surface area contributed by atoms with Gasteiger partial charge in [-0.25, -0.2) is 4.98 Å². The van der Waals surface area contributed by atoms with Crippen LogP contribution in [0.3, 0.4) is 0 Å². The minimum absolute atomic E-state index is 0. The molecule has 0 fully saturated rings. The molecule has 0 unspecified atom stereocenters. The van der Waals surface area contributed by atoms with E-state index in [1.165, 1.54) is 10.6 Å². The molecule has 1 aromatic rings. The van der Waals surface area contributed by atoms with Crippen LogP contribution in [0.2, 0.25) is 0 Å². The number of aromatic nitrogens is 1. The molecule has 0 bridgehead atoms. The van der Waals surface area contributed by atoms with Crippen LogP contribution in [0.4, 0.5) is 0 Å². The van der Waals surface area contributed by atoms with Crippen LogP contribution in [0.15, 0.2) is 4.99 Å². The van der Waals surface area contributed by atoms with E-state index in [0.717, 1.165) is 36.2 Å². The van der Waals surface area contributed by atoms with E-state index in [-0.39, 0.29) is 24.0 Å². The lowest BCUT2D eigenvalue weighted by Crippen LogP contribution is -2.37. The van der Waals surface area contributed by atoms with Gasteiger partial charge < -0.3 is 10.6 Å². The zero-order valence-corrected chi connectivity index (χ0v) is 15.9. The Balaban J connectivity index is 0.00000324. The minimum Gasteiger partial charge on any atom is -0.356 e. The maximum absolute atomic E-state index is 4.42. The van der Waals surface area contributed by atoms with Crippen molar-refractivity contribution >= 4 is 53.0 Å². The van der Waals surface area contributed by atoms with Gasteiger partial charge >= 0.3 is 0 Å². The van der Waals surface area contributed by atoms with Gasteiger partial charge in [-0.2, -0.15) is 11.8 Å². The first-order valence-corrected chi connectivity index (χ1v) is 8.24. The Bertz CT molecular complexity index is 393. The van der Waals surface area contributed by atoms with Gasteiger partial charge in [0.15, 0.2) is 5.96 Å². The van der Waals surface area contributed by atoms with Crippen molar-refractivity contribution in [2.24, 2.45) is 4.99 Å². The summed E-state index contributed by atoms with van der Waals surface area (Å²) in [6.07, 6.45) is 3.28.